The minimum Gasteiger partial charge on any atom is -0.207 e. The molecule has 1 atom stereocenters. The molecule has 2 aromatic rings. The van der Waals surface area contributed by atoms with Gasteiger partial charge in [-0.3, -0.25) is 0 Å². The fourth-order valence-corrected chi connectivity index (χ4v) is 8.21. The van der Waals surface area contributed by atoms with Crippen LogP contribution in [-0.2, 0) is 26.5 Å². The van der Waals surface area contributed by atoms with Crippen molar-refractivity contribution in [2.24, 2.45) is 0 Å². The van der Waals surface area contributed by atoms with Gasteiger partial charge in [-0.1, -0.05) is 6.92 Å². The lowest BCUT2D eigenvalue weighted by Gasteiger charge is -2.34. The van der Waals surface area contributed by atoms with Crippen LogP contribution in [-0.4, -0.2) is 45.1 Å². The summed E-state index contributed by atoms with van der Waals surface area (Å²) in [5.74, 6) is 0. The highest BCUT2D eigenvalue weighted by Crippen LogP contribution is 2.38. The van der Waals surface area contributed by atoms with Gasteiger partial charge in [-0.15, -0.1) is 11.3 Å². The van der Waals surface area contributed by atoms with Gasteiger partial charge in [0.05, 0.1) is 15.8 Å². The number of hydrogen-bond acceptors (Lipinski definition) is 5. The normalized spacial score (nSPS) is 21.7. The third-order valence-corrected chi connectivity index (χ3v) is 10.4. The molecule has 0 unspecified atom stereocenters. The van der Waals surface area contributed by atoms with Crippen LogP contribution in [0.5, 0.6) is 0 Å². The Morgan fingerprint density at radius 2 is 1.54 bits per heavy atom. The molecular weight excluding hydrogens is 416 g/mol. The van der Waals surface area contributed by atoms with Crippen LogP contribution >= 0.6 is 11.3 Å². The smallest absolute Gasteiger partial charge is 0.207 e. The zero-order chi connectivity index (χ0) is 19.9. The van der Waals surface area contributed by atoms with Crippen LogP contribution in [0.4, 0.5) is 0 Å². The zero-order valence-corrected chi connectivity index (χ0v) is 18.2. The largest absolute Gasteiger partial charge is 0.243 e. The Labute approximate surface area is 170 Å². The molecular formula is C19H24N2O4S3. The Morgan fingerprint density at radius 1 is 0.929 bits per heavy atom. The summed E-state index contributed by atoms with van der Waals surface area (Å²) >= 11 is 1.68. The standard InChI is InChI=1S/C19H24N2O4S3/c1-2-18-17-10-14-26-19(17)9-13-21(18)28(24,25)16-7-5-15(6-8-16)27(22,23)20-11-3-4-12-20/h5-8,10,14,18H,2-4,9,11-13H2,1H3/t18-/m0/s1. The quantitative estimate of drug-likeness (QED) is 0.715. The van der Waals surface area contributed by atoms with E-state index in [4.69, 9.17) is 0 Å². The molecule has 0 aliphatic carbocycles. The molecule has 9 heteroatoms. The van der Waals surface area contributed by atoms with Gasteiger partial charge in [-0.2, -0.15) is 8.61 Å². The number of fused-ring (bicyclic) bond motifs is 1. The second-order valence-electron chi connectivity index (χ2n) is 7.17. The van der Waals surface area contributed by atoms with Crippen molar-refractivity contribution in [3.8, 4) is 0 Å². The van der Waals surface area contributed by atoms with Gasteiger partial charge in [0.2, 0.25) is 20.0 Å². The highest BCUT2D eigenvalue weighted by Gasteiger charge is 2.36. The van der Waals surface area contributed by atoms with Crippen molar-refractivity contribution in [1.29, 1.82) is 0 Å². The third kappa shape index (κ3) is 3.33. The molecule has 1 fully saturated rings. The Kier molecular flexibility index (Phi) is 5.39. The Morgan fingerprint density at radius 3 is 2.14 bits per heavy atom. The molecule has 0 N–H and O–H groups in total. The predicted molar refractivity (Wildman–Crippen MR) is 109 cm³/mol. The first-order chi connectivity index (χ1) is 13.4. The summed E-state index contributed by atoms with van der Waals surface area (Å²) in [6.07, 6.45) is 3.14. The van der Waals surface area contributed by atoms with E-state index in [0.717, 1.165) is 18.4 Å². The molecule has 0 amide bonds. The van der Waals surface area contributed by atoms with Gasteiger partial charge in [0.1, 0.15) is 0 Å². The number of thiophene rings is 1. The second kappa shape index (κ2) is 7.53. The molecule has 4 rings (SSSR count). The number of sulfonamides is 2. The Balaban J connectivity index is 1.63. The van der Waals surface area contributed by atoms with Gasteiger partial charge >= 0.3 is 0 Å². The second-order valence-corrected chi connectivity index (χ2v) is 12.0. The van der Waals surface area contributed by atoms with E-state index < -0.39 is 20.0 Å². The molecule has 0 bridgehead atoms. The molecule has 2 aliphatic heterocycles. The Bertz CT molecular complexity index is 1050. The molecule has 0 spiro atoms. The van der Waals surface area contributed by atoms with Gasteiger partial charge in [0.15, 0.2) is 0 Å². The lowest BCUT2D eigenvalue weighted by Crippen LogP contribution is -2.39. The third-order valence-electron chi connectivity index (χ3n) is 5.57. The molecule has 0 saturated carbocycles. The van der Waals surface area contributed by atoms with Crippen LogP contribution in [0.15, 0.2) is 45.5 Å². The van der Waals surface area contributed by atoms with E-state index in [9.17, 15) is 16.8 Å². The first kappa shape index (κ1) is 20.0. The average Bonchev–Trinajstić information content (AvgIpc) is 3.39. The van der Waals surface area contributed by atoms with Crippen LogP contribution < -0.4 is 0 Å². The fourth-order valence-electron chi connectivity index (χ4n) is 4.08. The van der Waals surface area contributed by atoms with E-state index in [1.54, 1.807) is 15.6 Å². The summed E-state index contributed by atoms with van der Waals surface area (Å²) in [4.78, 5) is 1.55. The van der Waals surface area contributed by atoms with Crippen molar-refractivity contribution >= 4 is 31.4 Å². The first-order valence-corrected chi connectivity index (χ1v) is 13.3. The zero-order valence-electron chi connectivity index (χ0n) is 15.7. The van der Waals surface area contributed by atoms with Crippen LogP contribution in [0.2, 0.25) is 0 Å². The van der Waals surface area contributed by atoms with Crippen LogP contribution in [0.1, 0.15) is 42.7 Å². The molecule has 1 aromatic heterocycles. The monoisotopic (exact) mass is 440 g/mol. The van der Waals surface area contributed by atoms with Crippen molar-refractivity contribution in [2.75, 3.05) is 19.6 Å². The van der Waals surface area contributed by atoms with E-state index in [2.05, 4.69) is 0 Å². The number of benzene rings is 1. The van der Waals surface area contributed by atoms with Crippen molar-refractivity contribution < 1.29 is 16.8 Å². The maximum absolute atomic E-state index is 13.3. The van der Waals surface area contributed by atoms with E-state index in [1.807, 2.05) is 18.4 Å². The minimum absolute atomic E-state index is 0.144. The van der Waals surface area contributed by atoms with Gasteiger partial charge in [0, 0.05) is 24.5 Å². The highest BCUT2D eigenvalue weighted by molar-refractivity contribution is 7.89. The Hall–Kier alpha value is -1.26. The van der Waals surface area contributed by atoms with Gasteiger partial charge in [0.25, 0.3) is 0 Å². The molecule has 152 valence electrons. The molecule has 2 aliphatic rings. The van der Waals surface area contributed by atoms with Crippen molar-refractivity contribution in [2.45, 2.75) is 48.4 Å². The first-order valence-electron chi connectivity index (χ1n) is 9.54. The SMILES string of the molecule is CC[C@H]1c2ccsc2CCN1S(=O)(=O)c1ccc(S(=O)(=O)N2CCCC2)cc1. The van der Waals surface area contributed by atoms with Gasteiger partial charge < -0.3 is 0 Å². The van der Waals surface area contributed by atoms with Crippen molar-refractivity contribution in [3.05, 3.63) is 46.2 Å². The fraction of sp³-hybridized carbons (Fsp3) is 0.474. The summed E-state index contributed by atoms with van der Waals surface area (Å²) < 4.78 is 54.9. The lowest BCUT2D eigenvalue weighted by molar-refractivity contribution is 0.303. The topological polar surface area (TPSA) is 74.8 Å². The maximum atomic E-state index is 13.3. The number of rotatable bonds is 5. The van der Waals surface area contributed by atoms with E-state index in [0.29, 0.717) is 32.5 Å². The summed E-state index contributed by atoms with van der Waals surface area (Å²) in [6, 6.07) is 7.53. The van der Waals surface area contributed by atoms with E-state index >= 15 is 0 Å². The molecule has 6 nitrogen and oxygen atoms in total. The summed E-state index contributed by atoms with van der Waals surface area (Å²) in [7, 11) is -7.24. The molecule has 0 radical (unpaired) electrons. The van der Waals surface area contributed by atoms with E-state index in [1.165, 1.54) is 33.4 Å². The average molecular weight is 441 g/mol. The van der Waals surface area contributed by atoms with Crippen LogP contribution in [0, 0.1) is 0 Å². The minimum atomic E-state index is -3.70. The van der Waals surface area contributed by atoms with E-state index in [-0.39, 0.29) is 15.8 Å². The summed E-state index contributed by atoms with van der Waals surface area (Å²) in [6.45, 7) is 3.49. The predicted octanol–water partition coefficient (Wildman–Crippen LogP) is 3.23. The van der Waals surface area contributed by atoms with Gasteiger partial charge in [-0.25, -0.2) is 16.8 Å². The highest BCUT2D eigenvalue weighted by atomic mass is 32.2. The van der Waals surface area contributed by atoms with Crippen molar-refractivity contribution in [1.82, 2.24) is 8.61 Å². The summed E-state index contributed by atoms with van der Waals surface area (Å²) in [5.41, 5.74) is 1.09. The van der Waals surface area contributed by atoms with Crippen LogP contribution in [0.25, 0.3) is 0 Å². The molecule has 3 heterocycles. The molecule has 1 saturated heterocycles. The molecule has 1 aromatic carbocycles. The number of nitrogens with zero attached hydrogens (tertiary/aromatic N) is 2. The summed E-state index contributed by atoms with van der Waals surface area (Å²) in [5, 5.41) is 2.02. The molecule has 28 heavy (non-hydrogen) atoms. The lowest BCUT2D eigenvalue weighted by atomic mass is 10.0. The maximum Gasteiger partial charge on any atom is 0.243 e. The number of hydrogen-bond donors (Lipinski definition) is 0. The van der Waals surface area contributed by atoms with Crippen molar-refractivity contribution in [3.63, 3.8) is 0 Å². The van der Waals surface area contributed by atoms with Gasteiger partial charge in [-0.05, 0) is 67.0 Å². The van der Waals surface area contributed by atoms with Crippen LogP contribution in [0.3, 0.4) is 0 Å².